The molecular weight excluding hydrogens is 280 g/mol. The molecule has 0 aliphatic heterocycles. The Morgan fingerprint density at radius 1 is 0.955 bits per heavy atom. The summed E-state index contributed by atoms with van der Waals surface area (Å²) < 4.78 is 0. The van der Waals surface area contributed by atoms with Crippen LogP contribution in [0.15, 0.2) is 72.4 Å². The Morgan fingerprint density at radius 2 is 1.50 bits per heavy atom. The Balaban J connectivity index is 2.33. The van der Waals surface area contributed by atoms with Crippen LogP contribution in [0.5, 0.6) is 0 Å². The van der Waals surface area contributed by atoms with Crippen molar-refractivity contribution in [2.24, 2.45) is 0 Å². The summed E-state index contributed by atoms with van der Waals surface area (Å²) in [6.45, 7) is 11.7. The molecule has 0 saturated carbocycles. The first kappa shape index (κ1) is 16.8. The second-order valence-electron chi connectivity index (χ2n) is 6.62. The molecule has 116 valence electrons. The third-order valence-corrected chi connectivity index (χ3v) is 8.50. The van der Waals surface area contributed by atoms with E-state index in [2.05, 4.69) is 87.3 Å². The molecule has 2 rings (SSSR count). The van der Waals surface area contributed by atoms with Crippen LogP contribution in [0.2, 0.25) is 13.1 Å². The van der Waals surface area contributed by atoms with Crippen LogP contribution in [0, 0.1) is 0 Å². The lowest BCUT2D eigenvalue weighted by atomic mass is 9.93. The van der Waals surface area contributed by atoms with E-state index in [1.807, 2.05) is 0 Å². The highest BCUT2D eigenvalue weighted by atomic mass is 28.3. The average molecular weight is 309 g/mol. The SMILES string of the molecule is C=C([C@H](CCCC)c1ccccc1)[Si](C)(C)c1ccccc1. The van der Waals surface area contributed by atoms with E-state index in [0.717, 1.165) is 0 Å². The van der Waals surface area contributed by atoms with E-state index in [-0.39, 0.29) is 0 Å². The van der Waals surface area contributed by atoms with Crippen molar-refractivity contribution < 1.29 is 0 Å². The van der Waals surface area contributed by atoms with E-state index >= 15 is 0 Å². The molecular formula is C21H28Si. The van der Waals surface area contributed by atoms with Gasteiger partial charge in [0, 0.05) is 5.92 Å². The fraction of sp³-hybridized carbons (Fsp3) is 0.333. The summed E-state index contributed by atoms with van der Waals surface area (Å²) in [6.07, 6.45) is 3.71. The number of hydrogen-bond acceptors (Lipinski definition) is 0. The molecule has 2 aromatic carbocycles. The minimum Gasteiger partial charge on any atom is -0.103 e. The largest absolute Gasteiger partial charge is 0.107 e. The number of rotatable bonds is 7. The second-order valence-corrected chi connectivity index (χ2v) is 11.1. The van der Waals surface area contributed by atoms with E-state index in [1.165, 1.54) is 35.2 Å². The first-order valence-electron chi connectivity index (χ1n) is 8.37. The molecule has 0 spiro atoms. The van der Waals surface area contributed by atoms with Crippen molar-refractivity contribution in [3.05, 3.63) is 78.0 Å². The van der Waals surface area contributed by atoms with Crippen LogP contribution in [-0.2, 0) is 0 Å². The van der Waals surface area contributed by atoms with Crippen molar-refractivity contribution in [2.75, 3.05) is 0 Å². The van der Waals surface area contributed by atoms with Gasteiger partial charge in [0.2, 0.25) is 0 Å². The van der Waals surface area contributed by atoms with Gasteiger partial charge in [-0.25, -0.2) is 0 Å². The molecule has 0 bridgehead atoms. The van der Waals surface area contributed by atoms with E-state index in [0.29, 0.717) is 5.92 Å². The van der Waals surface area contributed by atoms with E-state index in [9.17, 15) is 0 Å². The first-order chi connectivity index (χ1) is 10.6. The standard InChI is InChI=1S/C21H28Si/c1-5-6-17-21(19-13-9-7-10-14-19)18(2)22(3,4)20-15-11-8-12-16-20/h7-16,21H,2,5-6,17H2,1,3-4H3/t21-/m0/s1. The fourth-order valence-corrected chi connectivity index (χ4v) is 5.69. The molecule has 0 radical (unpaired) electrons. The Morgan fingerprint density at radius 3 is 2.05 bits per heavy atom. The molecule has 0 fully saturated rings. The van der Waals surface area contributed by atoms with Crippen LogP contribution in [-0.4, -0.2) is 8.07 Å². The smallest absolute Gasteiger partial charge is 0.103 e. The molecule has 0 unspecified atom stereocenters. The Hall–Kier alpha value is -1.60. The molecule has 1 atom stereocenters. The predicted molar refractivity (Wildman–Crippen MR) is 101 cm³/mol. The van der Waals surface area contributed by atoms with Crippen molar-refractivity contribution in [1.82, 2.24) is 0 Å². The summed E-state index contributed by atoms with van der Waals surface area (Å²) in [5.41, 5.74) is 1.43. The van der Waals surface area contributed by atoms with Gasteiger partial charge in [-0.15, -0.1) is 6.58 Å². The van der Waals surface area contributed by atoms with Gasteiger partial charge in [0.1, 0.15) is 8.07 Å². The van der Waals surface area contributed by atoms with Gasteiger partial charge < -0.3 is 0 Å². The minimum absolute atomic E-state index is 0.489. The molecule has 0 nitrogen and oxygen atoms in total. The molecule has 0 saturated heterocycles. The summed E-state index contributed by atoms with van der Waals surface area (Å²) in [5, 5.41) is 2.94. The van der Waals surface area contributed by atoms with Crippen LogP contribution < -0.4 is 5.19 Å². The van der Waals surface area contributed by atoms with Crippen molar-refractivity contribution in [3.8, 4) is 0 Å². The lowest BCUT2D eigenvalue weighted by Gasteiger charge is -2.32. The summed E-state index contributed by atoms with van der Waals surface area (Å²) in [4.78, 5) is 0. The van der Waals surface area contributed by atoms with Crippen LogP contribution in [0.4, 0.5) is 0 Å². The summed E-state index contributed by atoms with van der Waals surface area (Å²) >= 11 is 0. The lowest BCUT2D eigenvalue weighted by molar-refractivity contribution is 0.655. The monoisotopic (exact) mass is 308 g/mol. The number of allylic oxidation sites excluding steroid dienone is 1. The zero-order valence-corrected chi connectivity index (χ0v) is 15.2. The summed E-state index contributed by atoms with van der Waals surface area (Å²) in [6, 6.07) is 21.9. The van der Waals surface area contributed by atoms with Crippen molar-refractivity contribution in [1.29, 1.82) is 0 Å². The topological polar surface area (TPSA) is 0 Å². The van der Waals surface area contributed by atoms with E-state index in [1.54, 1.807) is 0 Å². The second kappa shape index (κ2) is 7.60. The van der Waals surface area contributed by atoms with Gasteiger partial charge in [0.25, 0.3) is 0 Å². The maximum Gasteiger partial charge on any atom is 0.107 e. The van der Waals surface area contributed by atoms with Gasteiger partial charge in [-0.05, 0) is 12.0 Å². The number of hydrogen-bond donors (Lipinski definition) is 0. The van der Waals surface area contributed by atoms with Crippen molar-refractivity contribution in [3.63, 3.8) is 0 Å². The van der Waals surface area contributed by atoms with E-state index in [4.69, 9.17) is 0 Å². The Kier molecular flexibility index (Phi) is 5.79. The molecule has 0 aliphatic rings. The summed E-state index contributed by atoms with van der Waals surface area (Å²) in [7, 11) is -1.67. The highest BCUT2D eigenvalue weighted by molar-refractivity contribution is 6.95. The maximum atomic E-state index is 4.59. The van der Waals surface area contributed by atoms with Crippen LogP contribution in [0.1, 0.15) is 37.7 Å². The van der Waals surface area contributed by atoms with Crippen LogP contribution >= 0.6 is 0 Å². The van der Waals surface area contributed by atoms with Gasteiger partial charge >= 0.3 is 0 Å². The van der Waals surface area contributed by atoms with E-state index < -0.39 is 8.07 Å². The highest BCUT2D eigenvalue weighted by Crippen LogP contribution is 2.34. The zero-order valence-electron chi connectivity index (χ0n) is 14.2. The average Bonchev–Trinajstić information content (AvgIpc) is 2.57. The molecule has 0 aromatic heterocycles. The molecule has 0 amide bonds. The fourth-order valence-electron chi connectivity index (χ4n) is 3.11. The van der Waals surface area contributed by atoms with Gasteiger partial charge in [-0.2, -0.15) is 0 Å². The summed E-state index contributed by atoms with van der Waals surface area (Å²) in [5.74, 6) is 0.489. The highest BCUT2D eigenvalue weighted by Gasteiger charge is 2.32. The van der Waals surface area contributed by atoms with Crippen LogP contribution in [0.3, 0.4) is 0 Å². The Labute approximate surface area is 136 Å². The number of unbranched alkanes of at least 4 members (excludes halogenated alkanes) is 1. The van der Waals surface area contributed by atoms with Gasteiger partial charge in [-0.3, -0.25) is 0 Å². The normalized spacial score (nSPS) is 12.9. The zero-order chi connectivity index (χ0) is 16.0. The molecule has 22 heavy (non-hydrogen) atoms. The quantitative estimate of drug-likeness (QED) is 0.578. The third-order valence-electron chi connectivity index (χ3n) is 4.77. The van der Waals surface area contributed by atoms with Crippen molar-refractivity contribution >= 4 is 13.3 Å². The van der Waals surface area contributed by atoms with Gasteiger partial charge in [0.15, 0.2) is 0 Å². The molecule has 0 heterocycles. The third kappa shape index (κ3) is 3.78. The maximum absolute atomic E-state index is 4.59. The lowest BCUT2D eigenvalue weighted by Crippen LogP contribution is -2.45. The Bertz CT molecular complexity index is 584. The molecule has 0 N–H and O–H groups in total. The minimum atomic E-state index is -1.67. The number of benzene rings is 2. The van der Waals surface area contributed by atoms with Crippen LogP contribution in [0.25, 0.3) is 0 Å². The first-order valence-corrected chi connectivity index (χ1v) is 11.4. The molecule has 1 heteroatoms. The molecule has 0 aliphatic carbocycles. The van der Waals surface area contributed by atoms with Gasteiger partial charge in [-0.1, -0.05) is 104 Å². The van der Waals surface area contributed by atoms with Crippen molar-refractivity contribution in [2.45, 2.75) is 45.2 Å². The van der Waals surface area contributed by atoms with Gasteiger partial charge in [0.05, 0.1) is 0 Å². The predicted octanol–water partition coefficient (Wildman–Crippen LogP) is 5.67. The molecule has 2 aromatic rings.